The molecule has 0 aliphatic carbocycles. The molecule has 0 N–H and O–H groups in total. The van der Waals surface area contributed by atoms with E-state index in [4.69, 9.17) is 4.74 Å². The van der Waals surface area contributed by atoms with Crippen molar-refractivity contribution in [3.05, 3.63) is 24.3 Å². The highest BCUT2D eigenvalue weighted by Crippen LogP contribution is 2.42. The number of ether oxygens (including phenoxy) is 1. The van der Waals surface area contributed by atoms with Gasteiger partial charge in [0, 0.05) is 10.9 Å². The molecule has 104 valence electrons. The number of rotatable bonds is 3. The van der Waals surface area contributed by atoms with Crippen LogP contribution >= 0.6 is 0 Å². The van der Waals surface area contributed by atoms with Gasteiger partial charge in [-0.15, -0.1) is 0 Å². The maximum Gasteiger partial charge on any atom is 0.155 e. The van der Waals surface area contributed by atoms with E-state index in [9.17, 15) is 0 Å². The van der Waals surface area contributed by atoms with Gasteiger partial charge >= 0.3 is 0 Å². The monoisotopic (exact) mass is 277 g/mol. The molecular formula is C17H25OS+. The summed E-state index contributed by atoms with van der Waals surface area (Å²) in [5.41, 5.74) is 0. The van der Waals surface area contributed by atoms with Crippen molar-refractivity contribution in [2.45, 2.75) is 73.9 Å². The number of hydrogen-bond donors (Lipinski definition) is 0. The van der Waals surface area contributed by atoms with Crippen molar-refractivity contribution >= 4 is 10.9 Å². The molecule has 2 aliphatic heterocycles. The van der Waals surface area contributed by atoms with E-state index in [0.29, 0.717) is 10.9 Å². The lowest BCUT2D eigenvalue weighted by atomic mass is 9.99. The fourth-order valence-corrected chi connectivity index (χ4v) is 6.99. The van der Waals surface area contributed by atoms with Gasteiger partial charge in [-0.2, -0.15) is 0 Å². The zero-order valence-electron chi connectivity index (χ0n) is 12.1. The highest BCUT2D eigenvalue weighted by atomic mass is 32.2. The van der Waals surface area contributed by atoms with Gasteiger partial charge in [-0.3, -0.25) is 0 Å². The second-order valence-corrected chi connectivity index (χ2v) is 8.66. The Bertz CT molecular complexity index is 390. The van der Waals surface area contributed by atoms with Gasteiger partial charge in [-0.05, 0) is 76.6 Å². The van der Waals surface area contributed by atoms with Crippen LogP contribution in [0.5, 0.6) is 5.75 Å². The molecule has 1 nitrogen and oxygen atoms in total. The Hall–Kier alpha value is -0.630. The molecule has 0 saturated carbocycles. The van der Waals surface area contributed by atoms with Crippen LogP contribution in [0, 0.1) is 0 Å². The first-order valence-electron chi connectivity index (χ1n) is 7.72. The van der Waals surface area contributed by atoms with Crippen LogP contribution in [-0.2, 0) is 10.9 Å². The Balaban J connectivity index is 1.77. The normalized spacial score (nSPS) is 30.4. The summed E-state index contributed by atoms with van der Waals surface area (Å²) in [5.74, 6) is 1.02. The van der Waals surface area contributed by atoms with Gasteiger partial charge in [0.05, 0.1) is 6.10 Å². The Morgan fingerprint density at radius 3 is 1.95 bits per heavy atom. The van der Waals surface area contributed by atoms with Crippen LogP contribution < -0.4 is 4.74 Å². The molecule has 0 aromatic heterocycles. The second-order valence-electron chi connectivity index (χ2n) is 6.12. The maximum absolute atomic E-state index is 5.75. The summed E-state index contributed by atoms with van der Waals surface area (Å²) in [6.45, 7) is 4.17. The average molecular weight is 277 g/mol. The summed E-state index contributed by atoms with van der Waals surface area (Å²) in [6, 6.07) is 9.01. The standard InChI is InChI=1S/C17H25OS/c1-13(2)18-14-9-11-17(12-10-14)19-15-5-3-6-16(19)8-4-7-15/h9-13,15-16H,3-8H2,1-2H3/q+1. The minimum Gasteiger partial charge on any atom is -0.491 e. The first kappa shape index (κ1) is 13.4. The topological polar surface area (TPSA) is 9.23 Å². The summed E-state index contributed by atoms with van der Waals surface area (Å²) >= 11 is 0. The number of hydrogen-bond acceptors (Lipinski definition) is 1. The molecule has 3 rings (SSSR count). The van der Waals surface area contributed by atoms with Crippen molar-refractivity contribution in [2.75, 3.05) is 0 Å². The van der Waals surface area contributed by atoms with Crippen LogP contribution in [0.1, 0.15) is 52.4 Å². The third-order valence-corrected chi connectivity index (χ3v) is 7.49. The van der Waals surface area contributed by atoms with Crippen LogP contribution in [0.15, 0.2) is 29.2 Å². The van der Waals surface area contributed by atoms with E-state index in [0.717, 1.165) is 16.2 Å². The zero-order valence-corrected chi connectivity index (χ0v) is 12.9. The van der Waals surface area contributed by atoms with Crippen LogP contribution in [0.4, 0.5) is 0 Å². The largest absolute Gasteiger partial charge is 0.491 e. The zero-order chi connectivity index (χ0) is 13.2. The predicted octanol–water partition coefficient (Wildman–Crippen LogP) is 4.56. The van der Waals surface area contributed by atoms with Crippen molar-refractivity contribution < 1.29 is 4.74 Å². The van der Waals surface area contributed by atoms with E-state index in [-0.39, 0.29) is 6.10 Å². The fourth-order valence-electron chi connectivity index (χ4n) is 3.55. The minimum absolute atomic E-state index is 0.266. The smallest absolute Gasteiger partial charge is 0.155 e. The molecule has 2 aliphatic rings. The Labute approximate surface area is 120 Å². The van der Waals surface area contributed by atoms with Gasteiger partial charge in [0.1, 0.15) is 16.2 Å². The lowest BCUT2D eigenvalue weighted by Crippen LogP contribution is -2.40. The van der Waals surface area contributed by atoms with E-state index in [2.05, 4.69) is 38.1 Å². The third kappa shape index (κ3) is 2.94. The summed E-state index contributed by atoms with van der Waals surface area (Å²) in [5, 5.41) is 1.95. The quantitative estimate of drug-likeness (QED) is 0.736. The SMILES string of the molecule is CC(C)Oc1ccc([S+]2C3CCCC2CCC3)cc1. The molecule has 2 bridgehead atoms. The van der Waals surface area contributed by atoms with Crippen LogP contribution in [0.25, 0.3) is 0 Å². The fraction of sp³-hybridized carbons (Fsp3) is 0.647. The van der Waals surface area contributed by atoms with Gasteiger partial charge in [0.25, 0.3) is 0 Å². The van der Waals surface area contributed by atoms with Crippen molar-refractivity contribution in [3.63, 3.8) is 0 Å². The van der Waals surface area contributed by atoms with Crippen molar-refractivity contribution in [1.82, 2.24) is 0 Å². The Kier molecular flexibility index (Phi) is 4.07. The Morgan fingerprint density at radius 2 is 1.47 bits per heavy atom. The second kappa shape index (κ2) is 5.78. The molecule has 2 heterocycles. The van der Waals surface area contributed by atoms with Crippen molar-refractivity contribution in [3.8, 4) is 5.75 Å². The molecule has 2 saturated heterocycles. The van der Waals surface area contributed by atoms with Gasteiger partial charge in [-0.1, -0.05) is 0 Å². The van der Waals surface area contributed by atoms with Crippen molar-refractivity contribution in [1.29, 1.82) is 0 Å². The number of benzene rings is 1. The first-order valence-corrected chi connectivity index (χ1v) is 9.08. The van der Waals surface area contributed by atoms with Gasteiger partial charge in [-0.25, -0.2) is 0 Å². The van der Waals surface area contributed by atoms with Crippen LogP contribution in [-0.4, -0.2) is 16.6 Å². The number of fused-ring (bicyclic) bond motifs is 2. The van der Waals surface area contributed by atoms with Gasteiger partial charge < -0.3 is 4.74 Å². The molecule has 0 amide bonds. The summed E-state index contributed by atoms with van der Waals surface area (Å²) < 4.78 is 5.75. The molecule has 19 heavy (non-hydrogen) atoms. The first-order chi connectivity index (χ1) is 9.24. The average Bonchev–Trinajstić information content (AvgIpc) is 2.38. The van der Waals surface area contributed by atoms with E-state index >= 15 is 0 Å². The molecule has 0 atom stereocenters. The highest BCUT2D eigenvalue weighted by molar-refractivity contribution is 7.98. The summed E-state index contributed by atoms with van der Waals surface area (Å²) in [6.07, 6.45) is 9.05. The van der Waals surface area contributed by atoms with Crippen LogP contribution in [0.2, 0.25) is 0 Å². The molecule has 1 aromatic carbocycles. The predicted molar refractivity (Wildman–Crippen MR) is 83.1 cm³/mol. The Morgan fingerprint density at radius 1 is 0.947 bits per heavy atom. The lowest BCUT2D eigenvalue weighted by Gasteiger charge is -2.34. The van der Waals surface area contributed by atoms with Gasteiger partial charge in [0.2, 0.25) is 0 Å². The minimum atomic E-state index is 0.266. The van der Waals surface area contributed by atoms with E-state index in [1.54, 1.807) is 4.90 Å². The third-order valence-electron chi connectivity index (χ3n) is 4.29. The summed E-state index contributed by atoms with van der Waals surface area (Å²) in [7, 11) is 0.520. The van der Waals surface area contributed by atoms with Crippen molar-refractivity contribution in [2.24, 2.45) is 0 Å². The van der Waals surface area contributed by atoms with E-state index < -0.39 is 0 Å². The molecule has 0 radical (unpaired) electrons. The molecule has 0 unspecified atom stereocenters. The molecule has 1 aromatic rings. The molecule has 2 fully saturated rings. The van der Waals surface area contributed by atoms with Gasteiger partial charge in [0.15, 0.2) is 4.90 Å². The molecule has 0 spiro atoms. The molecule has 2 heteroatoms. The molecular weight excluding hydrogens is 252 g/mol. The van der Waals surface area contributed by atoms with Crippen LogP contribution in [0.3, 0.4) is 0 Å². The van der Waals surface area contributed by atoms with E-state index in [1.165, 1.54) is 38.5 Å². The maximum atomic E-state index is 5.75. The summed E-state index contributed by atoms with van der Waals surface area (Å²) in [4.78, 5) is 1.59. The van der Waals surface area contributed by atoms with E-state index in [1.807, 2.05) is 0 Å². The lowest BCUT2D eigenvalue weighted by molar-refractivity contribution is 0.242. The highest BCUT2D eigenvalue weighted by Gasteiger charge is 2.45.